The van der Waals surface area contributed by atoms with Crippen molar-refractivity contribution in [2.24, 2.45) is 0 Å². The lowest BCUT2D eigenvalue weighted by Gasteiger charge is -2.22. The van der Waals surface area contributed by atoms with Crippen LogP contribution in [0.1, 0.15) is 290 Å². The molecule has 57 heavy (non-hydrogen) atoms. The van der Waals surface area contributed by atoms with Crippen molar-refractivity contribution in [3.8, 4) is 0 Å². The number of hydrogen-bond acceptors (Lipinski definition) is 5. The quantitative estimate of drug-likeness (QED) is 0.0420. The Morgan fingerprint density at radius 1 is 0.421 bits per heavy atom. The standard InChI is InChI=1S/C51H101NO5/c1-3-5-7-9-11-13-14-25-29-33-37-41-45-51(56)57-46-42-38-34-30-26-23-21-19-17-15-16-18-20-22-24-28-32-36-40-44-50(55)52-48(47-53)49(54)43-39-35-31-27-12-10-8-6-4-2/h48-49,53-54H,3-47H2,1-2H3,(H,52,55). The van der Waals surface area contributed by atoms with E-state index in [4.69, 9.17) is 4.74 Å². The van der Waals surface area contributed by atoms with E-state index in [1.165, 1.54) is 218 Å². The maximum Gasteiger partial charge on any atom is 0.305 e. The first-order valence-corrected chi connectivity index (χ1v) is 25.8. The zero-order chi connectivity index (χ0) is 41.5. The minimum Gasteiger partial charge on any atom is -0.466 e. The van der Waals surface area contributed by atoms with E-state index in [0.717, 1.165) is 38.5 Å². The second kappa shape index (κ2) is 47.5. The van der Waals surface area contributed by atoms with Crippen LogP contribution < -0.4 is 5.32 Å². The van der Waals surface area contributed by atoms with Gasteiger partial charge in [0.15, 0.2) is 0 Å². The van der Waals surface area contributed by atoms with Gasteiger partial charge in [-0.25, -0.2) is 0 Å². The summed E-state index contributed by atoms with van der Waals surface area (Å²) in [6.45, 7) is 4.93. The van der Waals surface area contributed by atoms with E-state index in [2.05, 4.69) is 19.2 Å². The van der Waals surface area contributed by atoms with Crippen molar-refractivity contribution in [1.82, 2.24) is 5.32 Å². The summed E-state index contributed by atoms with van der Waals surface area (Å²) >= 11 is 0. The van der Waals surface area contributed by atoms with E-state index < -0.39 is 12.1 Å². The fraction of sp³-hybridized carbons (Fsp3) is 0.961. The SMILES string of the molecule is CCCCCCCCCCCCCCC(=O)OCCCCCCCCCCCCCCCCCCCCCC(=O)NC(CO)C(O)CCCCCCCCCCC. The van der Waals surface area contributed by atoms with Gasteiger partial charge in [-0.05, 0) is 25.7 Å². The third kappa shape index (κ3) is 44.2. The van der Waals surface area contributed by atoms with Crippen LogP contribution in [0.25, 0.3) is 0 Å². The Balaban J connectivity index is 3.36. The minimum absolute atomic E-state index is 0.00989. The fourth-order valence-corrected chi connectivity index (χ4v) is 8.17. The van der Waals surface area contributed by atoms with Gasteiger partial charge in [-0.15, -0.1) is 0 Å². The highest BCUT2D eigenvalue weighted by atomic mass is 16.5. The Morgan fingerprint density at radius 3 is 1.07 bits per heavy atom. The number of unbranched alkanes of at least 4 members (excludes halogenated alkanes) is 37. The van der Waals surface area contributed by atoms with Gasteiger partial charge in [0, 0.05) is 12.8 Å². The van der Waals surface area contributed by atoms with E-state index in [9.17, 15) is 19.8 Å². The van der Waals surface area contributed by atoms with Crippen LogP contribution in [0, 0.1) is 0 Å². The van der Waals surface area contributed by atoms with Crippen molar-refractivity contribution in [3.05, 3.63) is 0 Å². The van der Waals surface area contributed by atoms with Gasteiger partial charge >= 0.3 is 5.97 Å². The van der Waals surface area contributed by atoms with Gasteiger partial charge in [-0.1, -0.05) is 251 Å². The molecule has 0 aromatic heterocycles. The lowest BCUT2D eigenvalue weighted by Crippen LogP contribution is -2.45. The summed E-state index contributed by atoms with van der Waals surface area (Å²) in [6.07, 6.45) is 52.2. The summed E-state index contributed by atoms with van der Waals surface area (Å²) in [5.41, 5.74) is 0. The van der Waals surface area contributed by atoms with Gasteiger partial charge in [0.2, 0.25) is 5.91 Å². The van der Waals surface area contributed by atoms with Crippen molar-refractivity contribution in [2.75, 3.05) is 13.2 Å². The molecule has 6 nitrogen and oxygen atoms in total. The second-order valence-corrected chi connectivity index (χ2v) is 17.9. The third-order valence-electron chi connectivity index (χ3n) is 12.2. The van der Waals surface area contributed by atoms with Gasteiger partial charge < -0.3 is 20.3 Å². The molecule has 2 unspecified atom stereocenters. The topological polar surface area (TPSA) is 95.9 Å². The zero-order valence-corrected chi connectivity index (χ0v) is 38.6. The number of aliphatic hydroxyl groups excluding tert-OH is 2. The molecular weight excluding hydrogens is 707 g/mol. The van der Waals surface area contributed by atoms with Gasteiger partial charge in [0.25, 0.3) is 0 Å². The predicted molar refractivity (Wildman–Crippen MR) is 246 cm³/mol. The Morgan fingerprint density at radius 2 is 0.719 bits per heavy atom. The molecule has 0 rings (SSSR count). The molecule has 0 saturated heterocycles. The van der Waals surface area contributed by atoms with Crippen molar-refractivity contribution in [2.45, 2.75) is 302 Å². The van der Waals surface area contributed by atoms with E-state index in [1.807, 2.05) is 0 Å². The van der Waals surface area contributed by atoms with Crippen LogP contribution in [0.15, 0.2) is 0 Å². The molecule has 6 heteroatoms. The van der Waals surface area contributed by atoms with Crippen LogP contribution in [0.2, 0.25) is 0 Å². The van der Waals surface area contributed by atoms with Crippen molar-refractivity contribution < 1.29 is 24.5 Å². The third-order valence-corrected chi connectivity index (χ3v) is 12.2. The maximum absolute atomic E-state index is 12.4. The first kappa shape index (κ1) is 55.9. The average Bonchev–Trinajstić information content (AvgIpc) is 3.21. The minimum atomic E-state index is -0.662. The molecule has 0 fully saturated rings. The zero-order valence-electron chi connectivity index (χ0n) is 38.6. The highest BCUT2D eigenvalue weighted by Crippen LogP contribution is 2.17. The van der Waals surface area contributed by atoms with Gasteiger partial charge in [-0.3, -0.25) is 9.59 Å². The molecule has 0 radical (unpaired) electrons. The van der Waals surface area contributed by atoms with E-state index in [0.29, 0.717) is 25.9 Å². The molecule has 0 heterocycles. The number of esters is 1. The molecule has 0 bridgehead atoms. The molecule has 1 amide bonds. The summed E-state index contributed by atoms with van der Waals surface area (Å²) in [4.78, 5) is 24.4. The fourth-order valence-electron chi connectivity index (χ4n) is 8.17. The first-order chi connectivity index (χ1) is 28.0. The van der Waals surface area contributed by atoms with E-state index in [-0.39, 0.29) is 18.5 Å². The molecule has 3 N–H and O–H groups in total. The Bertz CT molecular complexity index is 806. The summed E-state index contributed by atoms with van der Waals surface area (Å²) in [5, 5.41) is 23.1. The molecule has 340 valence electrons. The van der Waals surface area contributed by atoms with Crippen LogP contribution >= 0.6 is 0 Å². The molecule has 0 saturated carbocycles. The number of aliphatic hydroxyl groups is 2. The van der Waals surface area contributed by atoms with Crippen LogP contribution in [0.4, 0.5) is 0 Å². The Hall–Kier alpha value is -1.14. The number of carbonyl (C=O) groups is 2. The molecule has 0 spiro atoms. The number of nitrogens with one attached hydrogen (secondary N) is 1. The molecule has 0 aliphatic carbocycles. The van der Waals surface area contributed by atoms with E-state index in [1.54, 1.807) is 0 Å². The number of rotatable bonds is 48. The van der Waals surface area contributed by atoms with Crippen LogP contribution in [-0.2, 0) is 14.3 Å². The molecule has 2 atom stereocenters. The lowest BCUT2D eigenvalue weighted by molar-refractivity contribution is -0.143. The Kier molecular flexibility index (Phi) is 46.6. The van der Waals surface area contributed by atoms with Gasteiger partial charge in [0.05, 0.1) is 25.4 Å². The number of hydrogen-bond donors (Lipinski definition) is 3. The normalized spacial score (nSPS) is 12.6. The highest BCUT2D eigenvalue weighted by Gasteiger charge is 2.20. The van der Waals surface area contributed by atoms with Gasteiger partial charge in [0.1, 0.15) is 0 Å². The maximum atomic E-state index is 12.4. The summed E-state index contributed by atoms with van der Waals surface area (Å²) in [6, 6.07) is -0.539. The van der Waals surface area contributed by atoms with Crippen LogP contribution in [-0.4, -0.2) is 47.4 Å². The smallest absolute Gasteiger partial charge is 0.305 e. The Labute approximate surface area is 356 Å². The van der Waals surface area contributed by atoms with Crippen LogP contribution in [0.5, 0.6) is 0 Å². The number of ether oxygens (including phenoxy) is 1. The summed E-state index contributed by atoms with van der Waals surface area (Å²) in [7, 11) is 0. The summed E-state index contributed by atoms with van der Waals surface area (Å²) < 4.78 is 5.46. The average molecular weight is 808 g/mol. The highest BCUT2D eigenvalue weighted by molar-refractivity contribution is 5.76. The van der Waals surface area contributed by atoms with Crippen molar-refractivity contribution in [1.29, 1.82) is 0 Å². The molecular formula is C51H101NO5. The van der Waals surface area contributed by atoms with Crippen molar-refractivity contribution in [3.63, 3.8) is 0 Å². The van der Waals surface area contributed by atoms with Crippen LogP contribution in [0.3, 0.4) is 0 Å². The first-order valence-electron chi connectivity index (χ1n) is 25.8. The number of carbonyl (C=O) groups excluding carboxylic acids is 2. The van der Waals surface area contributed by atoms with Crippen molar-refractivity contribution >= 4 is 11.9 Å². The number of amides is 1. The monoisotopic (exact) mass is 808 g/mol. The van der Waals surface area contributed by atoms with E-state index >= 15 is 0 Å². The predicted octanol–water partition coefficient (Wildman–Crippen LogP) is 15.2. The molecule has 0 aromatic carbocycles. The summed E-state index contributed by atoms with van der Waals surface area (Å²) in [5.74, 6) is -0.0294. The largest absolute Gasteiger partial charge is 0.466 e. The molecule has 0 aliphatic heterocycles. The molecule has 0 aromatic rings. The van der Waals surface area contributed by atoms with Gasteiger partial charge in [-0.2, -0.15) is 0 Å². The lowest BCUT2D eigenvalue weighted by atomic mass is 10.0. The molecule has 0 aliphatic rings. The second-order valence-electron chi connectivity index (χ2n) is 17.9.